The minimum absolute atomic E-state index is 0.00906. The van der Waals surface area contributed by atoms with Crippen molar-refractivity contribution in [2.24, 2.45) is 0 Å². The molecule has 0 radical (unpaired) electrons. The van der Waals surface area contributed by atoms with Crippen molar-refractivity contribution in [1.29, 1.82) is 0 Å². The topological polar surface area (TPSA) is 49.4 Å². The molecule has 0 aromatic heterocycles. The van der Waals surface area contributed by atoms with E-state index in [1.54, 1.807) is 19.2 Å². The van der Waals surface area contributed by atoms with Gasteiger partial charge in [0.15, 0.2) is 0 Å². The van der Waals surface area contributed by atoms with Gasteiger partial charge in [0, 0.05) is 17.0 Å². The maximum absolute atomic E-state index is 12.8. The van der Waals surface area contributed by atoms with Crippen LogP contribution < -0.4 is 10.2 Å². The van der Waals surface area contributed by atoms with Crippen molar-refractivity contribution in [2.75, 3.05) is 18.5 Å². The smallest absolute Gasteiger partial charge is 0.265 e. The summed E-state index contributed by atoms with van der Waals surface area (Å²) in [5.74, 6) is -0.395. The van der Waals surface area contributed by atoms with Crippen LogP contribution in [-0.4, -0.2) is 25.4 Å². The van der Waals surface area contributed by atoms with Crippen LogP contribution in [0.3, 0.4) is 0 Å². The van der Waals surface area contributed by atoms with Crippen LogP contribution in [0, 0.1) is 0 Å². The van der Waals surface area contributed by atoms with E-state index in [4.69, 9.17) is 11.6 Å². The highest BCUT2D eigenvalue weighted by Crippen LogP contribution is 2.41. The van der Waals surface area contributed by atoms with Crippen molar-refractivity contribution in [1.82, 2.24) is 5.32 Å². The summed E-state index contributed by atoms with van der Waals surface area (Å²) in [7, 11) is 1.56. The van der Waals surface area contributed by atoms with Crippen molar-refractivity contribution in [3.8, 4) is 0 Å². The Morgan fingerprint density at radius 3 is 2.62 bits per heavy atom. The van der Waals surface area contributed by atoms with Gasteiger partial charge >= 0.3 is 0 Å². The second-order valence-corrected chi connectivity index (χ2v) is 6.71. The van der Waals surface area contributed by atoms with Crippen molar-refractivity contribution in [2.45, 2.75) is 4.90 Å². The maximum Gasteiger partial charge on any atom is 0.265 e. The molecule has 0 atom stereocenters. The van der Waals surface area contributed by atoms with Crippen LogP contribution in [0.25, 0.3) is 6.08 Å². The normalized spacial score (nSPS) is 15.3. The lowest BCUT2D eigenvalue weighted by Crippen LogP contribution is -2.41. The quantitative estimate of drug-likeness (QED) is 0.853. The van der Waals surface area contributed by atoms with Gasteiger partial charge in [-0.25, -0.2) is 0 Å². The second-order valence-electron chi connectivity index (χ2n) is 5.19. The molecule has 0 spiro atoms. The van der Waals surface area contributed by atoms with E-state index < -0.39 is 0 Å². The number of thioether (sulfide) groups is 1. The summed E-state index contributed by atoms with van der Waals surface area (Å²) in [6.45, 7) is -0.00906. The molecule has 1 aliphatic rings. The average molecular weight is 359 g/mol. The van der Waals surface area contributed by atoms with Gasteiger partial charge in [-0.2, -0.15) is 0 Å². The third kappa shape index (κ3) is 3.47. The molecule has 4 nitrogen and oxygen atoms in total. The van der Waals surface area contributed by atoms with Crippen molar-refractivity contribution in [3.63, 3.8) is 0 Å². The van der Waals surface area contributed by atoms with Gasteiger partial charge in [0.1, 0.15) is 6.54 Å². The summed E-state index contributed by atoms with van der Waals surface area (Å²) < 4.78 is 0. The first-order valence-electron chi connectivity index (χ1n) is 7.35. The first-order valence-corrected chi connectivity index (χ1v) is 8.54. The van der Waals surface area contributed by atoms with E-state index in [9.17, 15) is 9.59 Å². The number of anilines is 1. The van der Waals surface area contributed by atoms with Gasteiger partial charge in [-0.05, 0) is 35.9 Å². The summed E-state index contributed by atoms with van der Waals surface area (Å²) in [4.78, 5) is 27.7. The fourth-order valence-electron chi connectivity index (χ4n) is 2.35. The molecule has 2 aromatic carbocycles. The SMILES string of the molecule is CNC(=O)CN1C(=O)/C(=C/c2ccc(Cl)cc2)Sc2ccccc21. The van der Waals surface area contributed by atoms with Gasteiger partial charge in [0.25, 0.3) is 5.91 Å². The van der Waals surface area contributed by atoms with Crippen LogP contribution in [-0.2, 0) is 9.59 Å². The molecule has 0 fully saturated rings. The third-order valence-corrected chi connectivity index (χ3v) is 4.91. The summed E-state index contributed by atoms with van der Waals surface area (Å²) >= 11 is 7.31. The number of halogens is 1. The Morgan fingerprint density at radius 2 is 1.92 bits per heavy atom. The number of para-hydroxylation sites is 1. The standard InChI is InChI=1S/C18H15ClN2O2S/c1-20-17(22)11-21-14-4-2-3-5-15(14)24-16(18(21)23)10-12-6-8-13(19)9-7-12/h2-10H,11H2,1H3,(H,20,22)/b16-10-. The number of carbonyl (C=O) groups is 2. The Kier molecular flexibility index (Phi) is 4.92. The Bertz CT molecular complexity index is 818. The number of likely N-dealkylation sites (N-methyl/N-ethyl adjacent to an activating group) is 1. The van der Waals surface area contributed by atoms with Crippen molar-refractivity contribution >= 4 is 46.9 Å². The fourth-order valence-corrected chi connectivity index (χ4v) is 3.54. The Hall–Kier alpha value is -2.24. The van der Waals surface area contributed by atoms with Crippen LogP contribution in [0.1, 0.15) is 5.56 Å². The van der Waals surface area contributed by atoms with Gasteiger partial charge < -0.3 is 5.32 Å². The lowest BCUT2D eigenvalue weighted by Gasteiger charge is -2.29. The number of hydrogen-bond donors (Lipinski definition) is 1. The highest BCUT2D eigenvalue weighted by molar-refractivity contribution is 8.04. The van der Waals surface area contributed by atoms with Crippen molar-refractivity contribution < 1.29 is 9.59 Å². The van der Waals surface area contributed by atoms with E-state index in [1.165, 1.54) is 16.7 Å². The number of carbonyl (C=O) groups excluding carboxylic acids is 2. The van der Waals surface area contributed by atoms with Crippen LogP contribution >= 0.6 is 23.4 Å². The minimum Gasteiger partial charge on any atom is -0.358 e. The Balaban J connectivity index is 1.99. The van der Waals surface area contributed by atoms with E-state index in [1.807, 2.05) is 42.5 Å². The number of rotatable bonds is 3. The molecule has 0 unspecified atom stereocenters. The summed E-state index contributed by atoms with van der Waals surface area (Å²) in [5.41, 5.74) is 1.64. The molecule has 122 valence electrons. The largest absolute Gasteiger partial charge is 0.358 e. The molecule has 0 saturated heterocycles. The lowest BCUT2D eigenvalue weighted by molar-refractivity contribution is -0.122. The molecule has 0 bridgehead atoms. The Morgan fingerprint density at radius 1 is 1.21 bits per heavy atom. The van der Waals surface area contributed by atoms with Crippen molar-refractivity contribution in [3.05, 3.63) is 64.0 Å². The highest BCUT2D eigenvalue weighted by Gasteiger charge is 2.30. The van der Waals surface area contributed by atoms with Gasteiger partial charge in [0.2, 0.25) is 5.91 Å². The predicted molar refractivity (Wildman–Crippen MR) is 98.1 cm³/mol. The first kappa shape index (κ1) is 16.6. The van der Waals surface area contributed by atoms with E-state index in [0.29, 0.717) is 9.93 Å². The molecule has 1 aliphatic heterocycles. The molecule has 2 aromatic rings. The van der Waals surface area contributed by atoms with E-state index in [-0.39, 0.29) is 18.4 Å². The minimum atomic E-state index is -0.212. The molecule has 1 heterocycles. The van der Waals surface area contributed by atoms with Gasteiger partial charge in [-0.15, -0.1) is 0 Å². The first-order chi connectivity index (χ1) is 11.6. The number of nitrogens with one attached hydrogen (secondary N) is 1. The van der Waals surface area contributed by atoms with Gasteiger partial charge in [0.05, 0.1) is 10.6 Å². The molecule has 24 heavy (non-hydrogen) atoms. The molecule has 0 saturated carbocycles. The summed E-state index contributed by atoms with van der Waals surface area (Å²) in [6, 6.07) is 14.8. The molecular weight excluding hydrogens is 344 g/mol. The molecule has 1 N–H and O–H groups in total. The highest BCUT2D eigenvalue weighted by atomic mass is 35.5. The Labute approximate surface area is 149 Å². The second kappa shape index (κ2) is 7.11. The molecule has 2 amide bonds. The number of benzene rings is 2. The summed E-state index contributed by atoms with van der Waals surface area (Å²) in [5, 5.41) is 3.21. The number of hydrogen-bond acceptors (Lipinski definition) is 3. The van der Waals surface area contributed by atoms with Crippen LogP contribution in [0.15, 0.2) is 58.3 Å². The van der Waals surface area contributed by atoms with Gasteiger partial charge in [-0.3, -0.25) is 14.5 Å². The zero-order valence-electron chi connectivity index (χ0n) is 13.0. The van der Waals surface area contributed by atoms with E-state index in [2.05, 4.69) is 5.32 Å². The zero-order chi connectivity index (χ0) is 17.1. The number of nitrogens with zero attached hydrogens (tertiary/aromatic N) is 1. The number of amides is 2. The summed E-state index contributed by atoms with van der Waals surface area (Å²) in [6.07, 6.45) is 1.82. The third-order valence-electron chi connectivity index (χ3n) is 3.58. The molecule has 3 rings (SSSR count). The van der Waals surface area contributed by atoms with Gasteiger partial charge in [-0.1, -0.05) is 47.6 Å². The zero-order valence-corrected chi connectivity index (χ0v) is 14.5. The van der Waals surface area contributed by atoms with E-state index in [0.717, 1.165) is 16.1 Å². The average Bonchev–Trinajstić information content (AvgIpc) is 2.60. The monoisotopic (exact) mass is 358 g/mol. The molecular formula is C18H15ClN2O2S. The van der Waals surface area contributed by atoms with Crippen LogP contribution in [0.5, 0.6) is 0 Å². The number of fused-ring (bicyclic) bond motifs is 1. The predicted octanol–water partition coefficient (Wildman–Crippen LogP) is 3.57. The van der Waals surface area contributed by atoms with Crippen LogP contribution in [0.2, 0.25) is 5.02 Å². The van der Waals surface area contributed by atoms with Crippen LogP contribution in [0.4, 0.5) is 5.69 Å². The maximum atomic E-state index is 12.8. The molecule has 0 aliphatic carbocycles. The molecule has 6 heteroatoms. The van der Waals surface area contributed by atoms with E-state index >= 15 is 0 Å². The fraction of sp³-hybridized carbons (Fsp3) is 0.111. The lowest BCUT2D eigenvalue weighted by atomic mass is 10.2.